The number of rotatable bonds is 3. The number of nitrogens with one attached hydrogen (secondary N) is 1. The molecule has 2 aromatic rings. The summed E-state index contributed by atoms with van der Waals surface area (Å²) in [6.07, 6.45) is -0.580. The largest absolute Gasteiger partial charge is 0.343 e. The zero-order valence-electron chi connectivity index (χ0n) is 17.9. The summed E-state index contributed by atoms with van der Waals surface area (Å²) in [4.78, 5) is 34.2. The summed E-state index contributed by atoms with van der Waals surface area (Å²) >= 11 is 12.2. The Kier molecular flexibility index (Phi) is 5.53. The fourth-order valence-corrected chi connectivity index (χ4v) is 5.35. The van der Waals surface area contributed by atoms with Gasteiger partial charge in [0.05, 0.1) is 6.54 Å². The second-order valence-corrected chi connectivity index (χ2v) is 9.68. The number of carbonyl (C=O) groups is 2. The minimum atomic E-state index is -0.459. The lowest BCUT2D eigenvalue weighted by Gasteiger charge is -2.46. The average molecular weight is 474 g/mol. The summed E-state index contributed by atoms with van der Waals surface area (Å²) < 4.78 is 0. The van der Waals surface area contributed by atoms with Crippen molar-refractivity contribution in [3.63, 3.8) is 0 Å². The maximum absolute atomic E-state index is 13.6. The van der Waals surface area contributed by atoms with Crippen molar-refractivity contribution >= 4 is 40.8 Å². The van der Waals surface area contributed by atoms with E-state index < -0.39 is 12.2 Å². The molecule has 0 bridgehead atoms. The molecule has 0 radical (unpaired) electrons. The molecular formula is C23H25Cl2N5O2. The number of fused-ring (bicyclic) bond motifs is 3. The predicted octanol–water partition coefficient (Wildman–Crippen LogP) is 3.43. The normalized spacial score (nSPS) is 28.2. The average Bonchev–Trinajstić information content (AvgIpc) is 3.15. The molecule has 7 nitrogen and oxygen atoms in total. The van der Waals surface area contributed by atoms with Crippen LogP contribution in [0.4, 0.5) is 10.5 Å². The molecule has 3 fully saturated rings. The van der Waals surface area contributed by atoms with Gasteiger partial charge in [0.15, 0.2) is 0 Å². The number of likely N-dealkylation sites (N-methyl/N-ethyl adjacent to an activating group) is 1. The highest BCUT2D eigenvalue weighted by atomic mass is 35.5. The van der Waals surface area contributed by atoms with Crippen molar-refractivity contribution in [3.05, 3.63) is 64.1 Å². The Morgan fingerprint density at radius 2 is 1.78 bits per heavy atom. The van der Waals surface area contributed by atoms with Crippen molar-refractivity contribution in [1.29, 1.82) is 0 Å². The van der Waals surface area contributed by atoms with E-state index in [1.807, 2.05) is 36.4 Å². The SMILES string of the molecule is CC1CN(c2ccc(Cl)cc2)C2NC3C(C(=O)N(Cc4cccc(Cl)c4)C(=O)N3C)N2C1. The first kappa shape index (κ1) is 21.5. The van der Waals surface area contributed by atoms with E-state index in [4.69, 9.17) is 23.2 Å². The van der Waals surface area contributed by atoms with Gasteiger partial charge in [-0.15, -0.1) is 0 Å². The number of urea groups is 1. The van der Waals surface area contributed by atoms with Gasteiger partial charge in [-0.2, -0.15) is 0 Å². The summed E-state index contributed by atoms with van der Waals surface area (Å²) in [7, 11) is 1.75. The van der Waals surface area contributed by atoms with Gasteiger partial charge in [0.25, 0.3) is 5.91 Å². The van der Waals surface area contributed by atoms with E-state index in [0.717, 1.165) is 24.3 Å². The Hall–Kier alpha value is -2.32. The van der Waals surface area contributed by atoms with Crippen LogP contribution in [0.5, 0.6) is 0 Å². The van der Waals surface area contributed by atoms with Gasteiger partial charge in [0.2, 0.25) is 0 Å². The summed E-state index contributed by atoms with van der Waals surface area (Å²) in [5.74, 6) is 0.165. The number of nitrogens with zero attached hydrogens (tertiary/aromatic N) is 4. The Morgan fingerprint density at radius 3 is 2.50 bits per heavy atom. The molecule has 32 heavy (non-hydrogen) atoms. The quantitative estimate of drug-likeness (QED) is 0.739. The molecule has 4 unspecified atom stereocenters. The van der Waals surface area contributed by atoms with Crippen LogP contribution >= 0.6 is 23.2 Å². The zero-order valence-corrected chi connectivity index (χ0v) is 19.4. The fraction of sp³-hybridized carbons (Fsp3) is 0.391. The number of hydrogen-bond donors (Lipinski definition) is 1. The van der Waals surface area contributed by atoms with E-state index in [1.165, 1.54) is 4.90 Å². The van der Waals surface area contributed by atoms with Gasteiger partial charge in [0.1, 0.15) is 18.5 Å². The number of carbonyl (C=O) groups excluding carboxylic acids is 2. The third kappa shape index (κ3) is 3.63. The minimum Gasteiger partial charge on any atom is -0.343 e. The molecule has 9 heteroatoms. The van der Waals surface area contributed by atoms with E-state index >= 15 is 0 Å². The summed E-state index contributed by atoms with van der Waals surface area (Å²) in [5, 5.41) is 4.80. The molecule has 0 spiro atoms. The van der Waals surface area contributed by atoms with Gasteiger partial charge in [-0.05, 0) is 47.9 Å². The van der Waals surface area contributed by atoms with Crippen LogP contribution in [0.1, 0.15) is 12.5 Å². The van der Waals surface area contributed by atoms with Gasteiger partial charge in [-0.25, -0.2) is 4.79 Å². The van der Waals surface area contributed by atoms with Crippen LogP contribution in [0, 0.1) is 5.92 Å². The summed E-state index contributed by atoms with van der Waals surface area (Å²) in [5.41, 5.74) is 1.85. The highest BCUT2D eigenvalue weighted by Gasteiger charge is 2.56. The van der Waals surface area contributed by atoms with Crippen LogP contribution < -0.4 is 10.2 Å². The van der Waals surface area contributed by atoms with E-state index in [2.05, 4.69) is 22.0 Å². The van der Waals surface area contributed by atoms with Crippen LogP contribution in [0.3, 0.4) is 0 Å². The molecule has 1 N–H and O–H groups in total. The van der Waals surface area contributed by atoms with Crippen LogP contribution in [0.25, 0.3) is 0 Å². The molecule has 3 aliphatic heterocycles. The van der Waals surface area contributed by atoms with Crippen molar-refractivity contribution in [2.24, 2.45) is 5.92 Å². The Bertz CT molecular complexity index is 1050. The van der Waals surface area contributed by atoms with Crippen molar-refractivity contribution < 1.29 is 9.59 Å². The minimum absolute atomic E-state index is 0.182. The van der Waals surface area contributed by atoms with E-state index in [0.29, 0.717) is 16.0 Å². The molecule has 3 saturated heterocycles. The Labute approximate surface area is 197 Å². The van der Waals surface area contributed by atoms with Crippen LogP contribution in [-0.4, -0.2) is 65.3 Å². The number of hydrogen-bond acceptors (Lipinski definition) is 5. The molecule has 3 heterocycles. The van der Waals surface area contributed by atoms with Crippen molar-refractivity contribution in [2.75, 3.05) is 25.0 Å². The standard InChI is InChI=1S/C23H25Cl2N5O2/c1-14-11-28(18-8-6-16(24)7-9-18)22-26-20-19(29(22)12-14)21(31)30(23(32)27(20)2)13-15-4-3-5-17(25)10-15/h3-10,14,19-20,22,26H,11-13H2,1-2H3. The number of benzene rings is 2. The third-order valence-corrected chi connectivity index (χ3v) is 6.96. The first-order valence-electron chi connectivity index (χ1n) is 10.7. The fourth-order valence-electron chi connectivity index (χ4n) is 5.02. The van der Waals surface area contributed by atoms with E-state index in [1.54, 1.807) is 24.1 Å². The van der Waals surface area contributed by atoms with Crippen molar-refractivity contribution in [2.45, 2.75) is 32.0 Å². The lowest BCUT2D eigenvalue weighted by Crippen LogP contribution is -2.66. The molecule has 3 aliphatic rings. The first-order chi connectivity index (χ1) is 15.3. The van der Waals surface area contributed by atoms with Crippen LogP contribution in [-0.2, 0) is 11.3 Å². The number of imide groups is 1. The molecule has 168 valence electrons. The zero-order chi connectivity index (χ0) is 22.6. The summed E-state index contributed by atoms with van der Waals surface area (Å²) in [6, 6.07) is 14.2. The van der Waals surface area contributed by atoms with Crippen molar-refractivity contribution in [1.82, 2.24) is 20.0 Å². The van der Waals surface area contributed by atoms with Crippen LogP contribution in [0.2, 0.25) is 10.0 Å². The van der Waals surface area contributed by atoms with Gasteiger partial charge >= 0.3 is 6.03 Å². The topological polar surface area (TPSA) is 59.1 Å². The molecule has 5 rings (SSSR count). The molecule has 3 amide bonds. The van der Waals surface area contributed by atoms with Gasteiger partial charge in [-0.1, -0.05) is 42.3 Å². The van der Waals surface area contributed by atoms with E-state index in [9.17, 15) is 9.59 Å². The van der Waals surface area contributed by atoms with Gasteiger partial charge < -0.3 is 9.80 Å². The molecule has 0 saturated carbocycles. The van der Waals surface area contributed by atoms with Crippen LogP contribution in [0.15, 0.2) is 48.5 Å². The smallest absolute Gasteiger partial charge is 0.328 e. The lowest BCUT2D eigenvalue weighted by molar-refractivity contribution is -0.139. The molecular weight excluding hydrogens is 449 g/mol. The Morgan fingerprint density at radius 1 is 1.03 bits per heavy atom. The summed E-state index contributed by atoms with van der Waals surface area (Å²) in [6.45, 7) is 3.98. The number of halogens is 2. The number of amides is 3. The second-order valence-electron chi connectivity index (χ2n) is 8.81. The van der Waals surface area contributed by atoms with Crippen molar-refractivity contribution in [3.8, 4) is 0 Å². The third-order valence-electron chi connectivity index (χ3n) is 6.47. The second kappa shape index (κ2) is 8.23. The molecule has 0 aliphatic carbocycles. The molecule has 2 aromatic carbocycles. The highest BCUT2D eigenvalue weighted by molar-refractivity contribution is 6.30. The number of anilines is 1. The monoisotopic (exact) mass is 473 g/mol. The predicted molar refractivity (Wildman–Crippen MR) is 124 cm³/mol. The molecule has 4 atom stereocenters. The molecule has 0 aromatic heterocycles. The van der Waals surface area contributed by atoms with Gasteiger partial charge in [-0.3, -0.25) is 19.9 Å². The maximum atomic E-state index is 13.6. The highest BCUT2D eigenvalue weighted by Crippen LogP contribution is 2.35. The van der Waals surface area contributed by atoms with E-state index in [-0.39, 0.29) is 24.8 Å². The maximum Gasteiger partial charge on any atom is 0.328 e. The Balaban J connectivity index is 1.45. The lowest BCUT2D eigenvalue weighted by atomic mass is 10.0. The van der Waals surface area contributed by atoms with Gasteiger partial charge in [0, 0.05) is 35.9 Å². The first-order valence-corrected chi connectivity index (χ1v) is 11.5.